The van der Waals surface area contributed by atoms with E-state index in [2.05, 4.69) is 0 Å². The number of fused-ring (bicyclic) bond motifs is 1. The predicted molar refractivity (Wildman–Crippen MR) is 83.9 cm³/mol. The van der Waals surface area contributed by atoms with E-state index in [9.17, 15) is 14.8 Å². The van der Waals surface area contributed by atoms with E-state index in [1.807, 2.05) is 36.4 Å². The lowest BCUT2D eigenvalue weighted by atomic mass is 9.78. The van der Waals surface area contributed by atoms with Crippen molar-refractivity contribution in [3.8, 4) is 0 Å². The van der Waals surface area contributed by atoms with Crippen molar-refractivity contribution in [2.24, 2.45) is 0 Å². The Hall–Kier alpha value is -2.31. The standard InChI is InChI=1S/C16H16BNO4/c19-16(22-11-12-5-2-1-3-6-12)18-10-9-13-7-4-8-14(15(13)18)17(20)21/h1-8,20-21H,9-11H2. The molecule has 1 aliphatic rings. The Bertz CT molecular complexity index is 675. The molecule has 2 N–H and O–H groups in total. The molecule has 2 aromatic rings. The lowest BCUT2D eigenvalue weighted by Gasteiger charge is -2.20. The second-order valence-electron chi connectivity index (χ2n) is 5.17. The van der Waals surface area contributed by atoms with Gasteiger partial charge in [-0.05, 0) is 17.5 Å². The van der Waals surface area contributed by atoms with Crippen LogP contribution in [0.3, 0.4) is 0 Å². The quantitative estimate of drug-likeness (QED) is 0.831. The molecule has 5 nitrogen and oxygen atoms in total. The van der Waals surface area contributed by atoms with E-state index in [0.717, 1.165) is 11.1 Å². The van der Waals surface area contributed by atoms with Gasteiger partial charge in [0, 0.05) is 12.0 Å². The molecular formula is C16H16BNO4. The number of nitrogens with zero attached hydrogens (tertiary/aromatic N) is 1. The van der Waals surface area contributed by atoms with Crippen LogP contribution in [0.1, 0.15) is 11.1 Å². The first-order valence-electron chi connectivity index (χ1n) is 7.13. The van der Waals surface area contributed by atoms with Crippen molar-refractivity contribution < 1.29 is 19.6 Å². The number of rotatable bonds is 3. The molecule has 1 amide bonds. The first-order valence-corrected chi connectivity index (χ1v) is 7.13. The van der Waals surface area contributed by atoms with Gasteiger partial charge in [0.2, 0.25) is 0 Å². The number of hydrogen-bond donors (Lipinski definition) is 2. The van der Waals surface area contributed by atoms with Crippen LogP contribution in [0.25, 0.3) is 0 Å². The van der Waals surface area contributed by atoms with Crippen molar-refractivity contribution in [2.45, 2.75) is 13.0 Å². The highest BCUT2D eigenvalue weighted by atomic mass is 16.6. The summed E-state index contributed by atoms with van der Waals surface area (Å²) < 4.78 is 5.33. The number of benzene rings is 2. The van der Waals surface area contributed by atoms with E-state index >= 15 is 0 Å². The molecule has 1 heterocycles. The van der Waals surface area contributed by atoms with Crippen LogP contribution in [-0.4, -0.2) is 29.8 Å². The minimum atomic E-state index is -1.61. The summed E-state index contributed by atoms with van der Waals surface area (Å²) in [5.41, 5.74) is 2.70. The molecule has 0 aliphatic carbocycles. The van der Waals surface area contributed by atoms with Gasteiger partial charge in [-0.25, -0.2) is 4.79 Å². The highest BCUT2D eigenvalue weighted by Gasteiger charge is 2.31. The molecule has 22 heavy (non-hydrogen) atoms. The molecular weight excluding hydrogens is 281 g/mol. The van der Waals surface area contributed by atoms with Gasteiger partial charge in [0.25, 0.3) is 0 Å². The fourth-order valence-electron chi connectivity index (χ4n) is 2.67. The second-order valence-corrected chi connectivity index (χ2v) is 5.17. The average molecular weight is 297 g/mol. The Morgan fingerprint density at radius 2 is 1.91 bits per heavy atom. The van der Waals surface area contributed by atoms with Crippen molar-refractivity contribution in [3.63, 3.8) is 0 Å². The summed E-state index contributed by atoms with van der Waals surface area (Å²) in [4.78, 5) is 13.8. The van der Waals surface area contributed by atoms with Gasteiger partial charge in [0.1, 0.15) is 6.61 Å². The van der Waals surface area contributed by atoms with Crippen LogP contribution < -0.4 is 10.4 Å². The summed E-state index contributed by atoms with van der Waals surface area (Å²) in [7, 11) is -1.61. The maximum atomic E-state index is 12.3. The van der Waals surface area contributed by atoms with Gasteiger partial charge in [0.05, 0.1) is 5.69 Å². The summed E-state index contributed by atoms with van der Waals surface area (Å²) in [6.07, 6.45) is 0.201. The minimum absolute atomic E-state index is 0.190. The second kappa shape index (κ2) is 6.21. The smallest absolute Gasteiger partial charge is 0.444 e. The van der Waals surface area contributed by atoms with Crippen molar-refractivity contribution in [1.29, 1.82) is 0 Å². The summed E-state index contributed by atoms with van der Waals surface area (Å²) in [5.74, 6) is 0. The third kappa shape index (κ3) is 2.84. The van der Waals surface area contributed by atoms with Crippen LogP contribution in [0.4, 0.5) is 10.5 Å². The molecule has 2 aromatic carbocycles. The number of carbonyl (C=O) groups is 1. The zero-order chi connectivity index (χ0) is 15.5. The average Bonchev–Trinajstić information content (AvgIpc) is 2.97. The zero-order valence-electron chi connectivity index (χ0n) is 12.0. The van der Waals surface area contributed by atoms with E-state index in [-0.39, 0.29) is 6.61 Å². The van der Waals surface area contributed by atoms with Crippen LogP contribution in [0.5, 0.6) is 0 Å². The molecule has 0 saturated heterocycles. The van der Waals surface area contributed by atoms with E-state index in [1.54, 1.807) is 12.1 Å². The van der Waals surface area contributed by atoms with Gasteiger partial charge in [-0.3, -0.25) is 4.90 Å². The molecule has 3 rings (SSSR count). The van der Waals surface area contributed by atoms with Crippen LogP contribution in [-0.2, 0) is 17.8 Å². The third-order valence-corrected chi connectivity index (χ3v) is 3.73. The highest BCUT2D eigenvalue weighted by molar-refractivity contribution is 6.61. The monoisotopic (exact) mass is 297 g/mol. The van der Waals surface area contributed by atoms with Crippen LogP contribution in [0.15, 0.2) is 48.5 Å². The molecule has 0 radical (unpaired) electrons. The van der Waals surface area contributed by atoms with E-state index in [1.165, 1.54) is 4.90 Å². The van der Waals surface area contributed by atoms with Gasteiger partial charge in [-0.1, -0.05) is 48.5 Å². The van der Waals surface area contributed by atoms with Crippen LogP contribution in [0, 0.1) is 0 Å². The maximum Gasteiger partial charge on any atom is 0.490 e. The molecule has 1 aliphatic heterocycles. The van der Waals surface area contributed by atoms with Gasteiger partial charge in [-0.2, -0.15) is 0 Å². The summed E-state index contributed by atoms with van der Waals surface area (Å²) in [6.45, 7) is 0.669. The highest BCUT2D eigenvalue weighted by Crippen LogP contribution is 2.27. The predicted octanol–water partition coefficient (Wildman–Crippen LogP) is 1.07. The number of para-hydroxylation sites is 1. The van der Waals surface area contributed by atoms with Crippen LogP contribution in [0.2, 0.25) is 0 Å². The fourth-order valence-corrected chi connectivity index (χ4v) is 2.67. The van der Waals surface area contributed by atoms with Gasteiger partial charge in [0.15, 0.2) is 0 Å². The molecule has 6 heteroatoms. The number of carbonyl (C=O) groups excluding carboxylic acids is 1. The Balaban J connectivity index is 1.76. The van der Waals surface area contributed by atoms with Crippen molar-refractivity contribution in [3.05, 3.63) is 59.7 Å². The Kier molecular flexibility index (Phi) is 4.13. The normalized spacial score (nSPS) is 12.9. The Labute approximate surface area is 128 Å². The SMILES string of the molecule is O=C(OCc1ccccc1)N1CCc2cccc(B(O)O)c21. The Morgan fingerprint density at radius 1 is 1.14 bits per heavy atom. The van der Waals surface area contributed by atoms with E-state index < -0.39 is 13.2 Å². The fraction of sp³-hybridized carbons (Fsp3) is 0.188. The number of anilines is 1. The van der Waals surface area contributed by atoms with Crippen molar-refractivity contribution >= 4 is 24.4 Å². The molecule has 112 valence electrons. The van der Waals surface area contributed by atoms with E-state index in [0.29, 0.717) is 24.1 Å². The number of amides is 1. The largest absolute Gasteiger partial charge is 0.490 e. The third-order valence-electron chi connectivity index (χ3n) is 3.73. The van der Waals surface area contributed by atoms with Crippen molar-refractivity contribution in [1.82, 2.24) is 0 Å². The molecule has 0 spiro atoms. The van der Waals surface area contributed by atoms with Crippen LogP contribution >= 0.6 is 0 Å². The topological polar surface area (TPSA) is 70.0 Å². The lowest BCUT2D eigenvalue weighted by Crippen LogP contribution is -2.38. The van der Waals surface area contributed by atoms with Crippen molar-refractivity contribution in [2.75, 3.05) is 11.4 Å². The lowest BCUT2D eigenvalue weighted by molar-refractivity contribution is 0.147. The van der Waals surface area contributed by atoms with Gasteiger partial charge >= 0.3 is 13.2 Å². The Morgan fingerprint density at radius 3 is 2.64 bits per heavy atom. The summed E-state index contributed by atoms with van der Waals surface area (Å²) >= 11 is 0. The molecule has 0 unspecified atom stereocenters. The maximum absolute atomic E-state index is 12.3. The zero-order valence-corrected chi connectivity index (χ0v) is 12.0. The molecule has 0 atom stereocenters. The molecule has 0 aromatic heterocycles. The molecule has 0 bridgehead atoms. The van der Waals surface area contributed by atoms with Gasteiger partial charge < -0.3 is 14.8 Å². The summed E-state index contributed by atoms with van der Waals surface area (Å²) in [5, 5.41) is 18.9. The summed E-state index contributed by atoms with van der Waals surface area (Å²) in [6, 6.07) is 14.7. The van der Waals surface area contributed by atoms with E-state index in [4.69, 9.17) is 4.74 Å². The first-order chi connectivity index (χ1) is 10.7. The first kappa shape index (κ1) is 14.6. The number of ether oxygens (including phenoxy) is 1. The molecule has 0 saturated carbocycles. The number of hydrogen-bond acceptors (Lipinski definition) is 4. The molecule has 0 fully saturated rings. The van der Waals surface area contributed by atoms with Gasteiger partial charge in [-0.15, -0.1) is 0 Å². The minimum Gasteiger partial charge on any atom is -0.444 e.